The Kier molecular flexibility index (Phi) is 0. The summed E-state index contributed by atoms with van der Waals surface area (Å²) in [4.78, 5) is 0. The van der Waals surface area contributed by atoms with Crippen LogP contribution >= 0.6 is 0 Å². The normalized spacial score (nSPS) is 0. The molecule has 0 aromatic rings. The van der Waals surface area contributed by atoms with Crippen molar-refractivity contribution in [2.24, 2.45) is 0 Å². The van der Waals surface area contributed by atoms with Crippen LogP contribution < -0.4 is 0 Å². The molecule has 0 unspecified atom stereocenters. The molecular weight excluding hydrogens is 4540 g/mol. The predicted molar refractivity (Wildman–Crippen MR) is 0 cm³/mol. The van der Waals surface area contributed by atoms with Crippen LogP contribution in [0.15, 0.2) is 0 Å². The van der Waals surface area contributed by atoms with Crippen molar-refractivity contribution in [3.8, 4) is 0 Å². The van der Waals surface area contributed by atoms with Crippen molar-refractivity contribution in [1.82, 2.24) is 0 Å². The van der Waals surface area contributed by atoms with Crippen molar-refractivity contribution in [2.45, 2.75) is 0 Å². The van der Waals surface area contributed by atoms with E-state index in [9.17, 15) is 0 Å². The van der Waals surface area contributed by atoms with Crippen LogP contribution in [-0.4, -0.2) is 0 Å². The maximum atomic E-state index is 0. The van der Waals surface area contributed by atoms with E-state index in [1.165, 1.54) is 0 Å². The Labute approximate surface area is 0 Å². The van der Waals surface area contributed by atoms with Gasteiger partial charge in [0.15, 0.2) is 0 Å². The maximum Gasteiger partial charge on any atom is 0 e. The molecule has 0 N–H and O–H groups in total. The first-order valence-corrected chi connectivity index (χ1v) is 0. The zero-order valence-corrected chi connectivity index (χ0v) is 121. The zero-order chi connectivity index (χ0) is 0. The minimum atomic E-state index is 0. The smallest absolute Gasteiger partial charge is 0 e. The van der Waals surface area contributed by atoms with E-state index in [1.54, 1.807) is 0 Å². The molecule has 0 spiro atoms. The van der Waals surface area contributed by atoms with Gasteiger partial charge < -0.3 is 0 Å². The molecule has 17 heteroatoms. The van der Waals surface area contributed by atoms with Crippen LogP contribution in [-0.2, 0) is 0 Å². The van der Waals surface area contributed by atoms with Gasteiger partial charge in [0.25, 0.3) is 0 Å². The Hall–Kier alpha value is -17.0. The van der Waals surface area contributed by atoms with Crippen LogP contribution in [0.1, 0.15) is 0 Å². The third-order valence-corrected chi connectivity index (χ3v) is 0. The van der Waals surface area contributed by atoms with Crippen molar-refractivity contribution in [3.63, 3.8) is 0 Å². The van der Waals surface area contributed by atoms with Gasteiger partial charge in [-0.2, -0.15) is 0 Å². The molecule has 34 valence electrons. The molecule has 0 aromatic heterocycles. The summed E-state index contributed by atoms with van der Waals surface area (Å²) in [6, 6.07) is 0. The van der Waals surface area contributed by atoms with Crippen LogP contribution in [0, 0.1) is 0 Å². The second-order valence-corrected chi connectivity index (χ2v) is 0. The molecule has 0 aliphatic rings. The molecule has 0 saturated heterocycles. The first kappa shape index (κ1) is 0. The van der Waals surface area contributed by atoms with Crippen LogP contribution in [0.4, 0.5) is 0 Å². The summed E-state index contributed by atoms with van der Waals surface area (Å²) in [6.07, 6.45) is 0. The average molecular weight is 4540 g/mol. The summed E-state index contributed by atoms with van der Waals surface area (Å²) >= 11 is 0. The van der Waals surface area contributed by atoms with Crippen LogP contribution in [0.5, 0.6) is 0 Å². The summed E-state index contributed by atoms with van der Waals surface area (Å²) in [7, 11) is 0. The molecule has 0 amide bonds. The second kappa shape index (κ2) is -0.0138. The third kappa shape index (κ3) is -0.0311. The summed E-state index contributed by atoms with van der Waals surface area (Å²) in [5.74, 6) is 0. The molecule has 0 rings (SSSR count). The topological polar surface area (TPSA) is 0 Å². The standard InChI is InChI=1S/17Rf. The van der Waals surface area contributed by atoms with Gasteiger partial charge in [-0.1, -0.05) is 0 Å². The van der Waals surface area contributed by atoms with E-state index in [-0.39, 0.29) is 0 Å². The zero-order valence-electron chi connectivity index (χ0n) is 12.0. The van der Waals surface area contributed by atoms with Crippen LogP contribution in [0.25, 0.3) is 0 Å². The van der Waals surface area contributed by atoms with Gasteiger partial charge in [-0.25, -0.2) is 0 Å². The Balaban J connectivity index is 0. The number of hydrogen-bond donors (Lipinski definition) is 0. The molecule has 0 aliphatic carbocycles. The molecular formula is Rf17. The SMILES string of the molecule is [Rf].[Rf].[Rf].[Rf].[Rf].[Rf].[Rf].[Rf].[Rf].[Rf].[Rf].[Rf].[Rf].[Rf].[Rf].[Rf].[Rf]. The maximum absolute atomic E-state index is 0. The van der Waals surface area contributed by atoms with Crippen molar-refractivity contribution < 1.29 is 0 Å². The fraction of sp³-hybridized carbons (Fsp3) is 0. The van der Waals surface area contributed by atoms with E-state index in [0.29, 0.717) is 0 Å². The molecule has 0 atom stereocenters. The molecule has 0 bridgehead atoms. The molecule has 0 heterocycles. The fourth-order valence-corrected chi connectivity index (χ4v) is 0. The predicted octanol–water partition coefficient (Wildman–Crippen LogP) is 0. The van der Waals surface area contributed by atoms with E-state index in [2.05, 4.69) is 0 Å². The number of hydrogen-bond acceptors (Lipinski definition) is 0. The summed E-state index contributed by atoms with van der Waals surface area (Å²) < 4.78 is 0. The Morgan fingerprint density at radius 3 is 0.0588 bits per heavy atom. The van der Waals surface area contributed by atoms with Crippen molar-refractivity contribution >= 4 is 0 Å². The van der Waals surface area contributed by atoms with Gasteiger partial charge in [0, 0.05) is 0 Å². The monoisotopic (exact) mass is 4540 g/mol. The molecule has 0 nitrogen and oxygen atoms in total. The Morgan fingerprint density at radius 1 is 0.0588 bits per heavy atom. The molecule has 0 saturated carbocycles. The Morgan fingerprint density at radius 2 is 0.0588 bits per heavy atom. The molecule has 17 heavy (non-hydrogen) atoms. The summed E-state index contributed by atoms with van der Waals surface area (Å²) in [5, 5.41) is 0. The second-order valence-electron chi connectivity index (χ2n) is 0. The summed E-state index contributed by atoms with van der Waals surface area (Å²) in [5.41, 5.74) is 0. The minimum absolute atomic E-state index is 0. The number of rotatable bonds is 0. The van der Waals surface area contributed by atoms with Crippen molar-refractivity contribution in [1.29, 1.82) is 0 Å². The Bertz CT molecular complexity index is 0. The van der Waals surface area contributed by atoms with Gasteiger partial charge in [-0.3, -0.25) is 0 Å². The average Bonchev–Trinajstić information content (AvgIpc) is 0. The van der Waals surface area contributed by atoms with Crippen molar-refractivity contribution in [3.05, 3.63) is 0 Å². The molecule has 0 aliphatic heterocycles. The third-order valence-electron chi connectivity index (χ3n) is 0. The van der Waals surface area contributed by atoms with Gasteiger partial charge >= 0.3 is 0 Å². The quantitative estimate of drug-likeness (QED) is 0.321. The van der Waals surface area contributed by atoms with Gasteiger partial charge in [-0.05, 0) is 0 Å². The van der Waals surface area contributed by atoms with Crippen LogP contribution in [0.3, 0.4) is 0 Å². The fourth-order valence-electron chi connectivity index (χ4n) is 0. The van der Waals surface area contributed by atoms with E-state index >= 15 is 0 Å². The minimum Gasteiger partial charge on any atom is 0 e. The molecule has 0 aromatic carbocycles. The first-order valence-electron chi connectivity index (χ1n) is 0. The van der Waals surface area contributed by atoms with Crippen molar-refractivity contribution in [2.75, 3.05) is 0 Å². The van der Waals surface area contributed by atoms with Gasteiger partial charge in [0.1, 0.15) is 0 Å². The van der Waals surface area contributed by atoms with Gasteiger partial charge in [0.2, 0.25) is 0 Å². The summed E-state index contributed by atoms with van der Waals surface area (Å²) in [6.45, 7) is 0. The van der Waals surface area contributed by atoms with Gasteiger partial charge in [0.05, 0.1) is 0 Å². The van der Waals surface area contributed by atoms with E-state index < -0.39 is 0 Å². The van der Waals surface area contributed by atoms with Crippen LogP contribution in [0.2, 0.25) is 0 Å². The first-order chi connectivity index (χ1) is 0. The molecule has 0 radical (unpaired) electrons. The largest absolute Gasteiger partial charge is 0 e. The van der Waals surface area contributed by atoms with E-state index in [0.717, 1.165) is 0 Å². The van der Waals surface area contributed by atoms with E-state index in [4.69, 9.17) is 0 Å². The molecule has 0 fully saturated rings. The van der Waals surface area contributed by atoms with Gasteiger partial charge in [-0.15, -0.1) is 0 Å². The van der Waals surface area contributed by atoms with E-state index in [1.807, 2.05) is 0 Å².